The summed E-state index contributed by atoms with van der Waals surface area (Å²) in [6, 6.07) is 4.96. The van der Waals surface area contributed by atoms with Gasteiger partial charge in [0, 0.05) is 18.6 Å². The number of hydrogen-bond donors (Lipinski definition) is 1. The highest BCUT2D eigenvalue weighted by molar-refractivity contribution is 5.09. The summed E-state index contributed by atoms with van der Waals surface area (Å²) in [4.78, 5) is 4.81. The van der Waals surface area contributed by atoms with Crippen LogP contribution in [0.5, 0.6) is 0 Å². The molecule has 1 aromatic heterocycles. The molecule has 0 spiro atoms. The molecule has 0 bridgehead atoms. The lowest BCUT2D eigenvalue weighted by Crippen LogP contribution is -2.46. The summed E-state index contributed by atoms with van der Waals surface area (Å²) in [5, 5.41) is 0. The SMILES string of the molecule is CCC(N)C(c1ccco1)N1CCCC1CN(C)C. The Bertz CT molecular complexity index is 363. The van der Waals surface area contributed by atoms with Crippen molar-refractivity contribution in [3.63, 3.8) is 0 Å². The molecule has 1 aliphatic heterocycles. The Hall–Kier alpha value is -0.840. The van der Waals surface area contributed by atoms with E-state index in [1.807, 2.05) is 6.07 Å². The summed E-state index contributed by atoms with van der Waals surface area (Å²) in [6.45, 7) is 4.36. The fourth-order valence-corrected chi connectivity index (χ4v) is 3.14. The maximum Gasteiger partial charge on any atom is 0.122 e. The van der Waals surface area contributed by atoms with Crippen LogP contribution in [-0.4, -0.2) is 49.1 Å². The van der Waals surface area contributed by atoms with Crippen LogP contribution in [0.25, 0.3) is 0 Å². The van der Waals surface area contributed by atoms with Gasteiger partial charge in [0.2, 0.25) is 0 Å². The molecule has 0 aromatic carbocycles. The van der Waals surface area contributed by atoms with Crippen LogP contribution in [0.2, 0.25) is 0 Å². The summed E-state index contributed by atoms with van der Waals surface area (Å²) >= 11 is 0. The number of nitrogens with two attached hydrogens (primary N) is 1. The highest BCUT2D eigenvalue weighted by atomic mass is 16.3. The molecule has 3 unspecified atom stereocenters. The number of likely N-dealkylation sites (tertiary alicyclic amines) is 1. The van der Waals surface area contributed by atoms with Crippen molar-refractivity contribution >= 4 is 0 Å². The van der Waals surface area contributed by atoms with Crippen LogP contribution in [0, 0.1) is 0 Å². The van der Waals surface area contributed by atoms with Crippen LogP contribution in [0.4, 0.5) is 0 Å². The van der Waals surface area contributed by atoms with E-state index in [1.54, 1.807) is 6.26 Å². The number of likely N-dealkylation sites (N-methyl/N-ethyl adjacent to an activating group) is 1. The Kier molecular flexibility index (Phi) is 5.02. The standard InChI is InChI=1S/C15H27N3O/c1-4-13(16)15(14-8-6-10-19-14)18-9-5-7-12(18)11-17(2)3/h6,8,10,12-13,15H,4-5,7,9,11,16H2,1-3H3. The van der Waals surface area contributed by atoms with E-state index >= 15 is 0 Å². The lowest BCUT2D eigenvalue weighted by Gasteiger charge is -2.36. The van der Waals surface area contributed by atoms with Crippen LogP contribution in [-0.2, 0) is 0 Å². The van der Waals surface area contributed by atoms with Crippen molar-refractivity contribution in [3.05, 3.63) is 24.2 Å². The minimum Gasteiger partial charge on any atom is -0.468 e. The topological polar surface area (TPSA) is 45.6 Å². The molecule has 4 heteroatoms. The van der Waals surface area contributed by atoms with Crippen LogP contribution < -0.4 is 5.73 Å². The largest absolute Gasteiger partial charge is 0.468 e. The first-order chi connectivity index (χ1) is 9.13. The highest BCUT2D eigenvalue weighted by Gasteiger charge is 2.35. The van der Waals surface area contributed by atoms with E-state index in [9.17, 15) is 0 Å². The average molecular weight is 265 g/mol. The van der Waals surface area contributed by atoms with E-state index in [2.05, 4.69) is 36.9 Å². The fraction of sp³-hybridized carbons (Fsp3) is 0.733. The van der Waals surface area contributed by atoms with Gasteiger partial charge < -0.3 is 15.1 Å². The molecule has 2 N–H and O–H groups in total. The molecule has 1 saturated heterocycles. The van der Waals surface area contributed by atoms with E-state index in [1.165, 1.54) is 12.8 Å². The van der Waals surface area contributed by atoms with Gasteiger partial charge in [0.05, 0.1) is 12.3 Å². The molecule has 1 aliphatic rings. The zero-order valence-electron chi connectivity index (χ0n) is 12.4. The predicted molar refractivity (Wildman–Crippen MR) is 78.0 cm³/mol. The molecule has 2 heterocycles. The van der Waals surface area contributed by atoms with Gasteiger partial charge in [-0.1, -0.05) is 6.92 Å². The molecule has 0 amide bonds. The second-order valence-corrected chi connectivity index (χ2v) is 5.83. The molecule has 3 atom stereocenters. The van der Waals surface area contributed by atoms with Gasteiger partial charge in [-0.25, -0.2) is 0 Å². The van der Waals surface area contributed by atoms with E-state index in [0.717, 1.165) is 25.3 Å². The molecule has 4 nitrogen and oxygen atoms in total. The van der Waals surface area contributed by atoms with Crippen molar-refractivity contribution in [1.29, 1.82) is 0 Å². The van der Waals surface area contributed by atoms with Crippen LogP contribution in [0.3, 0.4) is 0 Å². The Morgan fingerprint density at radius 3 is 2.89 bits per heavy atom. The van der Waals surface area contributed by atoms with Gasteiger partial charge in [-0.05, 0) is 52.0 Å². The Morgan fingerprint density at radius 2 is 2.32 bits per heavy atom. The zero-order chi connectivity index (χ0) is 13.8. The van der Waals surface area contributed by atoms with Gasteiger partial charge >= 0.3 is 0 Å². The highest BCUT2D eigenvalue weighted by Crippen LogP contribution is 2.32. The van der Waals surface area contributed by atoms with E-state index in [-0.39, 0.29) is 12.1 Å². The number of hydrogen-bond acceptors (Lipinski definition) is 4. The van der Waals surface area contributed by atoms with Crippen molar-refractivity contribution in [3.8, 4) is 0 Å². The normalized spacial score (nSPS) is 23.9. The number of furan rings is 1. The Balaban J connectivity index is 2.17. The quantitative estimate of drug-likeness (QED) is 0.855. The third-order valence-corrected chi connectivity index (χ3v) is 4.07. The van der Waals surface area contributed by atoms with Crippen LogP contribution in [0.15, 0.2) is 22.8 Å². The monoisotopic (exact) mass is 265 g/mol. The summed E-state index contributed by atoms with van der Waals surface area (Å²) in [7, 11) is 4.27. The maximum absolute atomic E-state index is 6.37. The second kappa shape index (κ2) is 6.55. The first kappa shape index (κ1) is 14.6. The lowest BCUT2D eigenvalue weighted by atomic mass is 10.0. The molecular weight excluding hydrogens is 238 g/mol. The minimum atomic E-state index is 0.133. The first-order valence-corrected chi connectivity index (χ1v) is 7.33. The van der Waals surface area contributed by atoms with Crippen molar-refractivity contribution in [1.82, 2.24) is 9.80 Å². The smallest absolute Gasteiger partial charge is 0.122 e. The van der Waals surface area contributed by atoms with Crippen molar-refractivity contribution in [2.75, 3.05) is 27.2 Å². The second-order valence-electron chi connectivity index (χ2n) is 5.83. The Morgan fingerprint density at radius 1 is 1.53 bits per heavy atom. The lowest BCUT2D eigenvalue weighted by molar-refractivity contribution is 0.116. The van der Waals surface area contributed by atoms with Crippen molar-refractivity contribution < 1.29 is 4.42 Å². The molecule has 108 valence electrons. The predicted octanol–water partition coefficient (Wildman–Crippen LogP) is 2.08. The van der Waals surface area contributed by atoms with Gasteiger partial charge in [0.25, 0.3) is 0 Å². The van der Waals surface area contributed by atoms with Gasteiger partial charge in [-0.3, -0.25) is 4.90 Å². The van der Waals surface area contributed by atoms with E-state index < -0.39 is 0 Å². The third kappa shape index (κ3) is 3.38. The third-order valence-electron chi connectivity index (χ3n) is 4.07. The minimum absolute atomic E-state index is 0.133. The van der Waals surface area contributed by atoms with Crippen molar-refractivity contribution in [2.24, 2.45) is 5.73 Å². The molecule has 0 saturated carbocycles. The van der Waals surface area contributed by atoms with Crippen LogP contribution in [0.1, 0.15) is 38.0 Å². The van der Waals surface area contributed by atoms with Gasteiger partial charge in [0.1, 0.15) is 5.76 Å². The summed E-state index contributed by atoms with van der Waals surface area (Å²) in [5.74, 6) is 1.01. The molecule has 2 rings (SSSR count). The Labute approximate surface area is 116 Å². The molecule has 1 fully saturated rings. The average Bonchev–Trinajstić information content (AvgIpc) is 3.02. The van der Waals surface area contributed by atoms with E-state index in [0.29, 0.717) is 6.04 Å². The maximum atomic E-state index is 6.37. The van der Waals surface area contributed by atoms with Gasteiger partial charge in [-0.15, -0.1) is 0 Å². The van der Waals surface area contributed by atoms with Crippen molar-refractivity contribution in [2.45, 2.75) is 44.3 Å². The van der Waals surface area contributed by atoms with E-state index in [4.69, 9.17) is 10.2 Å². The summed E-state index contributed by atoms with van der Waals surface area (Å²) in [6.07, 6.45) is 5.23. The molecule has 19 heavy (non-hydrogen) atoms. The molecule has 0 radical (unpaired) electrons. The van der Waals surface area contributed by atoms with Gasteiger partial charge in [0.15, 0.2) is 0 Å². The van der Waals surface area contributed by atoms with Gasteiger partial charge in [-0.2, -0.15) is 0 Å². The molecule has 0 aliphatic carbocycles. The summed E-state index contributed by atoms with van der Waals surface area (Å²) in [5.41, 5.74) is 6.37. The molecular formula is C15H27N3O. The summed E-state index contributed by atoms with van der Waals surface area (Å²) < 4.78 is 5.65. The zero-order valence-corrected chi connectivity index (χ0v) is 12.4. The van der Waals surface area contributed by atoms with Crippen LogP contribution >= 0.6 is 0 Å². The number of rotatable bonds is 6. The first-order valence-electron chi connectivity index (χ1n) is 7.33. The number of nitrogens with zero attached hydrogens (tertiary/aromatic N) is 2. The molecule has 1 aromatic rings. The fourth-order valence-electron chi connectivity index (χ4n) is 3.14.